The van der Waals surface area contributed by atoms with Crippen LogP contribution in [0.15, 0.2) is 34.0 Å². The molecule has 0 bridgehead atoms. The lowest BCUT2D eigenvalue weighted by Crippen LogP contribution is -2.31. The predicted octanol–water partition coefficient (Wildman–Crippen LogP) is 5.33. The highest BCUT2D eigenvalue weighted by atomic mass is 35.5. The Balaban J connectivity index is 1.42. The summed E-state index contributed by atoms with van der Waals surface area (Å²) in [6.07, 6.45) is 6.84. The number of benzene rings is 1. The van der Waals surface area contributed by atoms with Crippen molar-refractivity contribution in [2.24, 2.45) is 5.92 Å². The maximum absolute atomic E-state index is 12.1. The van der Waals surface area contributed by atoms with E-state index in [9.17, 15) is 4.79 Å². The molecular formula is C19H23ClN2OS2. The van der Waals surface area contributed by atoms with Crippen molar-refractivity contribution in [2.45, 2.75) is 48.6 Å². The maximum atomic E-state index is 12.1. The summed E-state index contributed by atoms with van der Waals surface area (Å²) >= 11 is 9.29. The topological polar surface area (TPSA) is 42.0 Å². The van der Waals surface area contributed by atoms with Crippen molar-refractivity contribution in [3.05, 3.63) is 45.9 Å². The lowest BCUT2D eigenvalue weighted by atomic mass is 9.89. The second-order valence-electron chi connectivity index (χ2n) is 6.51. The molecule has 0 spiro atoms. The van der Waals surface area contributed by atoms with Gasteiger partial charge in [-0.2, -0.15) is 0 Å². The van der Waals surface area contributed by atoms with Crippen LogP contribution in [0.3, 0.4) is 0 Å². The van der Waals surface area contributed by atoms with Gasteiger partial charge in [-0.3, -0.25) is 4.79 Å². The summed E-state index contributed by atoms with van der Waals surface area (Å²) in [6.45, 7) is 0.819. The van der Waals surface area contributed by atoms with E-state index in [1.54, 1.807) is 23.1 Å². The van der Waals surface area contributed by atoms with Crippen molar-refractivity contribution in [2.75, 3.05) is 6.54 Å². The zero-order valence-corrected chi connectivity index (χ0v) is 16.6. The SMILES string of the molecule is O=C(Cc1csc(SCc2cccc(Cl)c2)n1)NCC1CCCCC1. The van der Waals surface area contributed by atoms with Crippen LogP contribution in [0.1, 0.15) is 43.4 Å². The summed E-state index contributed by atoms with van der Waals surface area (Å²) in [5.41, 5.74) is 2.04. The molecule has 1 saturated carbocycles. The first kappa shape index (κ1) is 18.7. The number of nitrogens with zero attached hydrogens (tertiary/aromatic N) is 1. The molecule has 25 heavy (non-hydrogen) atoms. The summed E-state index contributed by atoms with van der Waals surface area (Å²) in [6, 6.07) is 7.87. The minimum atomic E-state index is 0.0854. The molecule has 3 nitrogen and oxygen atoms in total. The summed E-state index contributed by atoms with van der Waals surface area (Å²) in [7, 11) is 0. The van der Waals surface area contributed by atoms with Crippen molar-refractivity contribution < 1.29 is 4.79 Å². The van der Waals surface area contributed by atoms with Crippen LogP contribution in [-0.4, -0.2) is 17.4 Å². The van der Waals surface area contributed by atoms with Gasteiger partial charge in [0.2, 0.25) is 5.91 Å². The largest absolute Gasteiger partial charge is 0.355 e. The minimum absolute atomic E-state index is 0.0854. The molecule has 1 amide bonds. The summed E-state index contributed by atoms with van der Waals surface area (Å²) < 4.78 is 0.995. The number of carbonyl (C=O) groups is 1. The molecule has 1 heterocycles. The average molecular weight is 395 g/mol. The van der Waals surface area contributed by atoms with Crippen molar-refractivity contribution >= 4 is 40.6 Å². The van der Waals surface area contributed by atoms with Crippen LogP contribution in [0.25, 0.3) is 0 Å². The Morgan fingerprint density at radius 2 is 2.16 bits per heavy atom. The fraction of sp³-hybridized carbons (Fsp3) is 0.474. The van der Waals surface area contributed by atoms with Crippen molar-refractivity contribution in [3.8, 4) is 0 Å². The molecule has 1 aromatic carbocycles. The van der Waals surface area contributed by atoms with E-state index in [-0.39, 0.29) is 5.91 Å². The second-order valence-corrected chi connectivity index (χ2v) is 9.03. The molecule has 0 unspecified atom stereocenters. The number of hydrogen-bond acceptors (Lipinski definition) is 4. The van der Waals surface area contributed by atoms with Crippen LogP contribution in [-0.2, 0) is 17.0 Å². The van der Waals surface area contributed by atoms with Crippen LogP contribution in [0.4, 0.5) is 0 Å². The standard InChI is InChI=1S/C19H23ClN2OS2/c20-16-8-4-7-15(9-16)12-24-19-22-17(13-25-19)10-18(23)21-11-14-5-2-1-3-6-14/h4,7-9,13-14H,1-3,5-6,10-12H2,(H,21,23). The van der Waals surface area contributed by atoms with Gasteiger partial charge in [-0.1, -0.05) is 54.8 Å². The van der Waals surface area contributed by atoms with E-state index in [0.717, 1.165) is 27.4 Å². The van der Waals surface area contributed by atoms with Gasteiger partial charge in [0.1, 0.15) is 4.34 Å². The van der Waals surface area contributed by atoms with Gasteiger partial charge in [0.25, 0.3) is 0 Å². The first-order valence-electron chi connectivity index (χ1n) is 8.77. The molecule has 6 heteroatoms. The molecule has 2 aromatic rings. The lowest BCUT2D eigenvalue weighted by Gasteiger charge is -2.21. The first-order valence-corrected chi connectivity index (χ1v) is 11.0. The quantitative estimate of drug-likeness (QED) is 0.645. The molecule has 134 valence electrons. The highest BCUT2D eigenvalue weighted by Crippen LogP contribution is 2.27. The minimum Gasteiger partial charge on any atom is -0.355 e. The molecule has 1 N–H and O–H groups in total. The second kappa shape index (κ2) is 9.60. The highest BCUT2D eigenvalue weighted by Gasteiger charge is 2.15. The monoisotopic (exact) mass is 394 g/mol. The predicted molar refractivity (Wildman–Crippen MR) is 106 cm³/mol. The molecule has 0 aliphatic heterocycles. The molecule has 3 rings (SSSR count). The molecule has 1 aliphatic carbocycles. The number of carbonyl (C=O) groups excluding carboxylic acids is 1. The Hall–Kier alpha value is -1.04. The fourth-order valence-corrected chi connectivity index (χ4v) is 5.08. The van der Waals surface area contributed by atoms with Crippen LogP contribution < -0.4 is 5.32 Å². The zero-order valence-electron chi connectivity index (χ0n) is 14.2. The number of amides is 1. The van der Waals surface area contributed by atoms with Crippen LogP contribution in [0, 0.1) is 5.92 Å². The van der Waals surface area contributed by atoms with E-state index in [2.05, 4.69) is 16.4 Å². The Bertz CT molecular complexity index is 698. The smallest absolute Gasteiger partial charge is 0.226 e. The number of nitrogens with one attached hydrogen (secondary N) is 1. The Morgan fingerprint density at radius 1 is 1.32 bits per heavy atom. The molecule has 1 aliphatic rings. The Labute approximate surface area is 162 Å². The van der Waals surface area contributed by atoms with Gasteiger partial charge in [-0.25, -0.2) is 4.98 Å². The average Bonchev–Trinajstić information content (AvgIpc) is 3.06. The van der Waals surface area contributed by atoms with Crippen LogP contribution in [0.5, 0.6) is 0 Å². The fourth-order valence-electron chi connectivity index (χ4n) is 3.08. The lowest BCUT2D eigenvalue weighted by molar-refractivity contribution is -0.120. The molecule has 1 aromatic heterocycles. The van der Waals surface area contributed by atoms with E-state index < -0.39 is 0 Å². The third-order valence-corrected chi connectivity index (χ3v) is 6.81. The third-order valence-electron chi connectivity index (χ3n) is 4.44. The van der Waals surface area contributed by atoms with E-state index >= 15 is 0 Å². The van der Waals surface area contributed by atoms with Gasteiger partial charge in [-0.15, -0.1) is 11.3 Å². The van der Waals surface area contributed by atoms with Gasteiger partial charge in [0, 0.05) is 22.7 Å². The molecule has 1 fully saturated rings. The Morgan fingerprint density at radius 3 is 2.96 bits per heavy atom. The summed E-state index contributed by atoms with van der Waals surface area (Å²) in [4.78, 5) is 16.7. The number of thioether (sulfide) groups is 1. The van der Waals surface area contributed by atoms with Crippen molar-refractivity contribution in [1.82, 2.24) is 10.3 Å². The summed E-state index contributed by atoms with van der Waals surface area (Å²) in [5.74, 6) is 1.58. The molecular weight excluding hydrogens is 372 g/mol. The maximum Gasteiger partial charge on any atom is 0.226 e. The Kier molecular flexibility index (Phi) is 7.20. The van der Waals surface area contributed by atoms with Crippen LogP contribution >= 0.6 is 34.7 Å². The van der Waals surface area contributed by atoms with Crippen molar-refractivity contribution in [1.29, 1.82) is 0 Å². The number of hydrogen-bond donors (Lipinski definition) is 1. The van der Waals surface area contributed by atoms with Gasteiger partial charge < -0.3 is 5.32 Å². The first-order chi connectivity index (χ1) is 12.2. The van der Waals surface area contributed by atoms with Gasteiger partial charge in [0.15, 0.2) is 0 Å². The molecule has 0 radical (unpaired) electrons. The normalized spacial score (nSPS) is 15.2. The molecule has 0 atom stereocenters. The van der Waals surface area contributed by atoms with Gasteiger partial charge in [-0.05, 0) is 36.5 Å². The number of aromatic nitrogens is 1. The number of halogens is 1. The van der Waals surface area contributed by atoms with E-state index in [1.165, 1.54) is 37.7 Å². The number of thiazole rings is 1. The van der Waals surface area contributed by atoms with Gasteiger partial charge in [0.05, 0.1) is 12.1 Å². The molecule has 0 saturated heterocycles. The zero-order chi connectivity index (χ0) is 17.5. The summed E-state index contributed by atoms with van der Waals surface area (Å²) in [5, 5.41) is 5.82. The van der Waals surface area contributed by atoms with Crippen LogP contribution in [0.2, 0.25) is 5.02 Å². The van der Waals surface area contributed by atoms with E-state index in [0.29, 0.717) is 12.3 Å². The van der Waals surface area contributed by atoms with E-state index in [4.69, 9.17) is 11.6 Å². The number of rotatable bonds is 7. The highest BCUT2D eigenvalue weighted by molar-refractivity contribution is 8.00. The van der Waals surface area contributed by atoms with Gasteiger partial charge >= 0.3 is 0 Å². The van der Waals surface area contributed by atoms with E-state index in [1.807, 2.05) is 23.6 Å². The third kappa shape index (κ3) is 6.32. The van der Waals surface area contributed by atoms with Crippen molar-refractivity contribution in [3.63, 3.8) is 0 Å².